The molecule has 0 atom stereocenters. The maximum atomic E-state index is 11.8. The van der Waals surface area contributed by atoms with Gasteiger partial charge in [0.2, 0.25) is 10.0 Å². The van der Waals surface area contributed by atoms with Crippen molar-refractivity contribution < 1.29 is 8.42 Å². The third kappa shape index (κ3) is 3.61. The van der Waals surface area contributed by atoms with Gasteiger partial charge in [0.25, 0.3) is 0 Å². The topological polar surface area (TPSA) is 37.4 Å². The molecular weight excluding hydrogens is 222 g/mol. The van der Waals surface area contributed by atoms with Gasteiger partial charge in [-0.15, -0.1) is 0 Å². The number of benzene rings is 1. The summed E-state index contributed by atoms with van der Waals surface area (Å²) in [6.07, 6.45) is 0.839. The van der Waals surface area contributed by atoms with Crippen LogP contribution in [-0.4, -0.2) is 25.0 Å². The van der Waals surface area contributed by atoms with Gasteiger partial charge in [-0.25, -0.2) is 8.42 Å². The minimum absolute atomic E-state index is 0.167. The van der Waals surface area contributed by atoms with Crippen molar-refractivity contribution in [3.63, 3.8) is 0 Å². The van der Waals surface area contributed by atoms with E-state index in [9.17, 15) is 8.42 Å². The van der Waals surface area contributed by atoms with Crippen LogP contribution in [-0.2, 0) is 16.6 Å². The summed E-state index contributed by atoms with van der Waals surface area (Å²) in [7, 11) is -3.09. The Bertz CT molecular complexity index is 400. The van der Waals surface area contributed by atoms with E-state index in [4.69, 9.17) is 0 Å². The molecule has 0 unspecified atom stereocenters. The summed E-state index contributed by atoms with van der Waals surface area (Å²) in [5.74, 6) is 0.167. The van der Waals surface area contributed by atoms with Crippen LogP contribution in [0.4, 0.5) is 0 Å². The monoisotopic (exact) mass is 241 g/mol. The second kappa shape index (κ2) is 6.01. The molecule has 0 aliphatic rings. The van der Waals surface area contributed by atoms with Gasteiger partial charge >= 0.3 is 0 Å². The summed E-state index contributed by atoms with van der Waals surface area (Å²) in [5.41, 5.74) is 1.04. The number of nitrogens with zero attached hydrogens (tertiary/aromatic N) is 1. The lowest BCUT2D eigenvalue weighted by Crippen LogP contribution is -2.32. The van der Waals surface area contributed by atoms with E-state index in [1.807, 2.05) is 37.3 Å². The van der Waals surface area contributed by atoms with Crippen LogP contribution < -0.4 is 0 Å². The number of hydrogen-bond acceptors (Lipinski definition) is 2. The van der Waals surface area contributed by atoms with E-state index >= 15 is 0 Å². The molecule has 0 aliphatic heterocycles. The maximum Gasteiger partial charge on any atom is 0.214 e. The summed E-state index contributed by atoms with van der Waals surface area (Å²) in [4.78, 5) is 0. The third-order valence-electron chi connectivity index (χ3n) is 2.43. The van der Waals surface area contributed by atoms with Crippen molar-refractivity contribution in [2.75, 3.05) is 12.3 Å². The van der Waals surface area contributed by atoms with Crippen LogP contribution in [0, 0.1) is 0 Å². The van der Waals surface area contributed by atoms with E-state index in [1.54, 1.807) is 11.2 Å². The summed E-state index contributed by atoms with van der Waals surface area (Å²) in [6.45, 7) is 4.74. The Hall–Kier alpha value is -0.870. The molecular formula is C12H19NO2S. The zero-order chi connectivity index (χ0) is 12.0. The predicted molar refractivity (Wildman–Crippen MR) is 66.6 cm³/mol. The van der Waals surface area contributed by atoms with Gasteiger partial charge in [0.1, 0.15) is 0 Å². The Morgan fingerprint density at radius 3 is 2.25 bits per heavy atom. The highest BCUT2D eigenvalue weighted by atomic mass is 32.2. The Morgan fingerprint density at radius 2 is 1.75 bits per heavy atom. The van der Waals surface area contributed by atoms with Gasteiger partial charge in [-0.2, -0.15) is 4.31 Å². The second-order valence-electron chi connectivity index (χ2n) is 3.72. The van der Waals surface area contributed by atoms with E-state index in [-0.39, 0.29) is 5.75 Å². The SMILES string of the molecule is CCCN(Cc1ccccc1)S(=O)(=O)CC. The van der Waals surface area contributed by atoms with Crippen molar-refractivity contribution in [2.45, 2.75) is 26.8 Å². The molecule has 1 rings (SSSR count). The first-order valence-corrected chi connectivity index (χ1v) is 7.22. The maximum absolute atomic E-state index is 11.8. The Morgan fingerprint density at radius 1 is 1.12 bits per heavy atom. The minimum atomic E-state index is -3.09. The zero-order valence-corrected chi connectivity index (χ0v) is 10.7. The molecule has 0 heterocycles. The van der Waals surface area contributed by atoms with E-state index in [2.05, 4.69) is 0 Å². The lowest BCUT2D eigenvalue weighted by atomic mass is 10.2. The highest BCUT2D eigenvalue weighted by Crippen LogP contribution is 2.10. The Labute approximate surface area is 98.1 Å². The number of rotatable bonds is 6. The molecule has 16 heavy (non-hydrogen) atoms. The summed E-state index contributed by atoms with van der Waals surface area (Å²) in [5, 5.41) is 0. The molecule has 0 fully saturated rings. The molecule has 0 amide bonds. The number of sulfonamides is 1. The highest BCUT2D eigenvalue weighted by molar-refractivity contribution is 7.89. The van der Waals surface area contributed by atoms with Crippen LogP contribution in [0.1, 0.15) is 25.8 Å². The van der Waals surface area contributed by atoms with Crippen molar-refractivity contribution >= 4 is 10.0 Å². The smallest absolute Gasteiger partial charge is 0.212 e. The molecule has 4 heteroatoms. The molecule has 0 saturated carbocycles. The van der Waals surface area contributed by atoms with E-state index in [0.717, 1.165) is 12.0 Å². The molecule has 1 aromatic rings. The molecule has 0 saturated heterocycles. The van der Waals surface area contributed by atoms with Crippen LogP contribution in [0.25, 0.3) is 0 Å². The standard InChI is InChI=1S/C12H19NO2S/c1-3-10-13(16(14,15)4-2)11-12-8-6-5-7-9-12/h5-9H,3-4,10-11H2,1-2H3. The van der Waals surface area contributed by atoms with E-state index < -0.39 is 10.0 Å². The molecule has 3 nitrogen and oxygen atoms in total. The normalized spacial score (nSPS) is 11.9. The lowest BCUT2D eigenvalue weighted by Gasteiger charge is -2.20. The fourth-order valence-electron chi connectivity index (χ4n) is 1.54. The van der Waals surface area contributed by atoms with Gasteiger partial charge in [0.05, 0.1) is 5.75 Å². The van der Waals surface area contributed by atoms with Gasteiger partial charge in [-0.1, -0.05) is 37.3 Å². The quantitative estimate of drug-likeness (QED) is 0.766. The number of hydrogen-bond donors (Lipinski definition) is 0. The first-order valence-electron chi connectivity index (χ1n) is 5.62. The predicted octanol–water partition coefficient (Wildman–Crippen LogP) is 2.25. The first-order chi connectivity index (χ1) is 7.60. The fourth-order valence-corrected chi connectivity index (χ4v) is 2.71. The molecule has 0 N–H and O–H groups in total. The minimum Gasteiger partial charge on any atom is -0.212 e. The van der Waals surface area contributed by atoms with Gasteiger partial charge in [-0.05, 0) is 18.9 Å². The van der Waals surface area contributed by atoms with Crippen molar-refractivity contribution in [3.05, 3.63) is 35.9 Å². The van der Waals surface area contributed by atoms with Crippen molar-refractivity contribution in [1.29, 1.82) is 0 Å². The van der Waals surface area contributed by atoms with Crippen LogP contribution >= 0.6 is 0 Å². The average Bonchev–Trinajstić information content (AvgIpc) is 2.30. The van der Waals surface area contributed by atoms with E-state index in [0.29, 0.717) is 13.1 Å². The summed E-state index contributed by atoms with van der Waals surface area (Å²) >= 11 is 0. The van der Waals surface area contributed by atoms with Crippen LogP contribution in [0.2, 0.25) is 0 Å². The molecule has 0 radical (unpaired) electrons. The molecule has 1 aromatic carbocycles. The molecule has 90 valence electrons. The van der Waals surface area contributed by atoms with Gasteiger partial charge < -0.3 is 0 Å². The van der Waals surface area contributed by atoms with Gasteiger partial charge in [0.15, 0.2) is 0 Å². The summed E-state index contributed by atoms with van der Waals surface area (Å²) in [6, 6.07) is 9.69. The molecule has 0 bridgehead atoms. The zero-order valence-electron chi connectivity index (χ0n) is 9.89. The van der Waals surface area contributed by atoms with Crippen LogP contribution in [0.3, 0.4) is 0 Å². The van der Waals surface area contributed by atoms with E-state index in [1.165, 1.54) is 0 Å². The van der Waals surface area contributed by atoms with Crippen molar-refractivity contribution in [2.24, 2.45) is 0 Å². The van der Waals surface area contributed by atoms with Crippen LogP contribution in [0.15, 0.2) is 30.3 Å². The second-order valence-corrected chi connectivity index (χ2v) is 5.98. The summed E-state index contributed by atoms with van der Waals surface area (Å²) < 4.78 is 25.2. The fraction of sp³-hybridized carbons (Fsp3) is 0.500. The van der Waals surface area contributed by atoms with Gasteiger partial charge in [0, 0.05) is 13.1 Å². The molecule has 0 spiro atoms. The Kier molecular flexibility index (Phi) is 4.96. The van der Waals surface area contributed by atoms with Crippen molar-refractivity contribution in [1.82, 2.24) is 4.31 Å². The molecule has 0 aromatic heterocycles. The first kappa shape index (κ1) is 13.2. The van der Waals surface area contributed by atoms with Crippen molar-refractivity contribution in [3.8, 4) is 0 Å². The average molecular weight is 241 g/mol. The third-order valence-corrected chi connectivity index (χ3v) is 4.26. The highest BCUT2D eigenvalue weighted by Gasteiger charge is 2.18. The largest absolute Gasteiger partial charge is 0.214 e. The lowest BCUT2D eigenvalue weighted by molar-refractivity contribution is 0.406. The van der Waals surface area contributed by atoms with Gasteiger partial charge in [-0.3, -0.25) is 0 Å². The molecule has 0 aliphatic carbocycles. The Balaban J connectivity index is 2.81. The van der Waals surface area contributed by atoms with Crippen LogP contribution in [0.5, 0.6) is 0 Å².